The number of hydrogen-bond acceptors (Lipinski definition) is 4. The molecule has 1 fully saturated rings. The molecule has 0 aliphatic heterocycles. The second-order valence-corrected chi connectivity index (χ2v) is 4.27. The summed E-state index contributed by atoms with van der Waals surface area (Å²) in [4.78, 5) is 4.45. The number of unbranched alkanes of at least 4 members (excludes halogenated alkanes) is 1. The van der Waals surface area contributed by atoms with Crippen LogP contribution in [-0.4, -0.2) is 16.7 Å². The van der Waals surface area contributed by atoms with E-state index < -0.39 is 0 Å². The smallest absolute Gasteiger partial charge is 0.226 e. The quantitative estimate of drug-likeness (QED) is 0.753. The van der Waals surface area contributed by atoms with Crippen molar-refractivity contribution < 1.29 is 4.52 Å². The van der Waals surface area contributed by atoms with E-state index in [-0.39, 0.29) is 0 Å². The normalized spacial score (nSPS) is 17.4. The molecule has 0 saturated heterocycles. The molecule has 2 rings (SSSR count). The van der Waals surface area contributed by atoms with Gasteiger partial charge in [0.1, 0.15) is 0 Å². The van der Waals surface area contributed by atoms with Crippen molar-refractivity contribution in [2.45, 2.75) is 50.9 Å². The predicted octanol–water partition coefficient (Wildman–Crippen LogP) is 2.01. The Hall–Kier alpha value is -0.900. The predicted molar refractivity (Wildman–Crippen MR) is 57.5 cm³/mol. The molecule has 0 aromatic carbocycles. The second-order valence-electron chi connectivity index (χ2n) is 4.27. The van der Waals surface area contributed by atoms with E-state index in [1.165, 1.54) is 25.7 Å². The lowest BCUT2D eigenvalue weighted by Crippen LogP contribution is -1.99. The summed E-state index contributed by atoms with van der Waals surface area (Å²) in [5.74, 6) is 2.26. The molecule has 84 valence electrons. The van der Waals surface area contributed by atoms with Crippen LogP contribution in [0.1, 0.15) is 56.2 Å². The van der Waals surface area contributed by atoms with Crippen molar-refractivity contribution in [3.8, 4) is 0 Å². The van der Waals surface area contributed by atoms with Crippen LogP contribution in [0.15, 0.2) is 4.52 Å². The van der Waals surface area contributed by atoms with Crippen molar-refractivity contribution in [1.82, 2.24) is 10.1 Å². The monoisotopic (exact) mass is 209 g/mol. The van der Waals surface area contributed by atoms with Gasteiger partial charge in [0.25, 0.3) is 0 Å². The van der Waals surface area contributed by atoms with Gasteiger partial charge in [-0.15, -0.1) is 0 Å². The van der Waals surface area contributed by atoms with Crippen molar-refractivity contribution in [3.05, 3.63) is 11.7 Å². The Kier molecular flexibility index (Phi) is 3.72. The first-order valence-corrected chi connectivity index (χ1v) is 5.92. The van der Waals surface area contributed by atoms with Crippen LogP contribution in [0.5, 0.6) is 0 Å². The van der Waals surface area contributed by atoms with E-state index in [1.807, 2.05) is 0 Å². The van der Waals surface area contributed by atoms with Crippen LogP contribution in [0.4, 0.5) is 0 Å². The topological polar surface area (TPSA) is 64.9 Å². The van der Waals surface area contributed by atoms with Gasteiger partial charge in [-0.1, -0.05) is 18.0 Å². The molecule has 0 unspecified atom stereocenters. The summed E-state index contributed by atoms with van der Waals surface area (Å²) in [5, 5.41) is 4.06. The van der Waals surface area contributed by atoms with Gasteiger partial charge in [0, 0.05) is 12.3 Å². The van der Waals surface area contributed by atoms with Gasteiger partial charge < -0.3 is 10.3 Å². The summed E-state index contributed by atoms with van der Waals surface area (Å²) in [6.45, 7) is 0.740. The van der Waals surface area contributed by atoms with Gasteiger partial charge in [0.15, 0.2) is 5.82 Å². The first-order chi connectivity index (χ1) is 7.40. The molecule has 2 N–H and O–H groups in total. The minimum absolute atomic E-state index is 0.553. The van der Waals surface area contributed by atoms with E-state index in [4.69, 9.17) is 10.3 Å². The lowest BCUT2D eigenvalue weighted by molar-refractivity contribution is 0.366. The third-order valence-electron chi connectivity index (χ3n) is 3.05. The first kappa shape index (κ1) is 10.6. The van der Waals surface area contributed by atoms with Gasteiger partial charge in [0.05, 0.1) is 0 Å². The Balaban J connectivity index is 1.86. The maximum atomic E-state index is 5.43. The molecule has 1 aliphatic rings. The average molecular weight is 209 g/mol. The molecular weight excluding hydrogens is 190 g/mol. The molecule has 1 aromatic rings. The summed E-state index contributed by atoms with van der Waals surface area (Å²) in [6, 6.07) is 0. The Bertz CT molecular complexity index is 292. The Morgan fingerprint density at radius 3 is 2.80 bits per heavy atom. The highest BCUT2D eigenvalue weighted by molar-refractivity contribution is 4.97. The molecule has 0 spiro atoms. The molecule has 1 heterocycles. The SMILES string of the molecule is NCCCCc1nc(C2CCCC2)no1. The summed E-state index contributed by atoms with van der Waals surface area (Å²) >= 11 is 0. The highest BCUT2D eigenvalue weighted by atomic mass is 16.5. The third kappa shape index (κ3) is 2.78. The Morgan fingerprint density at radius 1 is 1.27 bits per heavy atom. The average Bonchev–Trinajstić information content (AvgIpc) is 2.87. The van der Waals surface area contributed by atoms with Crippen molar-refractivity contribution >= 4 is 0 Å². The van der Waals surface area contributed by atoms with Crippen LogP contribution >= 0.6 is 0 Å². The van der Waals surface area contributed by atoms with Gasteiger partial charge in [-0.3, -0.25) is 0 Å². The minimum atomic E-state index is 0.553. The first-order valence-electron chi connectivity index (χ1n) is 5.92. The lowest BCUT2D eigenvalue weighted by Gasteiger charge is -1.99. The number of nitrogens with zero attached hydrogens (tertiary/aromatic N) is 2. The molecule has 4 heteroatoms. The number of nitrogens with two attached hydrogens (primary N) is 1. The van der Waals surface area contributed by atoms with Crippen LogP contribution in [-0.2, 0) is 6.42 Å². The van der Waals surface area contributed by atoms with Gasteiger partial charge in [-0.2, -0.15) is 4.98 Å². The largest absolute Gasteiger partial charge is 0.339 e. The lowest BCUT2D eigenvalue weighted by atomic mass is 10.1. The highest BCUT2D eigenvalue weighted by Gasteiger charge is 2.21. The zero-order chi connectivity index (χ0) is 10.5. The Morgan fingerprint density at radius 2 is 2.07 bits per heavy atom. The van der Waals surface area contributed by atoms with Gasteiger partial charge >= 0.3 is 0 Å². The maximum absolute atomic E-state index is 5.43. The Labute approximate surface area is 90.2 Å². The molecule has 0 radical (unpaired) electrons. The van der Waals surface area contributed by atoms with Crippen LogP contribution in [0.25, 0.3) is 0 Å². The van der Waals surface area contributed by atoms with E-state index in [9.17, 15) is 0 Å². The third-order valence-corrected chi connectivity index (χ3v) is 3.05. The fourth-order valence-corrected chi connectivity index (χ4v) is 2.14. The molecule has 1 saturated carbocycles. The molecular formula is C11H19N3O. The summed E-state index contributed by atoms with van der Waals surface area (Å²) in [5.41, 5.74) is 5.43. The van der Waals surface area contributed by atoms with Crippen LogP contribution < -0.4 is 5.73 Å². The van der Waals surface area contributed by atoms with Gasteiger partial charge in [-0.25, -0.2) is 0 Å². The molecule has 1 aromatic heterocycles. The maximum Gasteiger partial charge on any atom is 0.226 e. The minimum Gasteiger partial charge on any atom is -0.339 e. The van der Waals surface area contributed by atoms with E-state index in [0.29, 0.717) is 5.92 Å². The standard InChI is InChI=1S/C11H19N3O/c12-8-4-3-7-10-13-11(14-15-10)9-5-1-2-6-9/h9H,1-8,12H2. The van der Waals surface area contributed by atoms with Crippen LogP contribution in [0, 0.1) is 0 Å². The fraction of sp³-hybridized carbons (Fsp3) is 0.818. The molecule has 4 nitrogen and oxygen atoms in total. The second kappa shape index (κ2) is 5.26. The molecule has 0 atom stereocenters. The zero-order valence-electron chi connectivity index (χ0n) is 9.11. The van der Waals surface area contributed by atoms with Crippen LogP contribution in [0.3, 0.4) is 0 Å². The van der Waals surface area contributed by atoms with E-state index in [1.54, 1.807) is 0 Å². The van der Waals surface area contributed by atoms with E-state index >= 15 is 0 Å². The van der Waals surface area contributed by atoms with E-state index in [2.05, 4.69) is 10.1 Å². The number of aromatic nitrogens is 2. The molecule has 0 bridgehead atoms. The summed E-state index contributed by atoms with van der Waals surface area (Å²) in [6.07, 6.45) is 8.01. The molecule has 15 heavy (non-hydrogen) atoms. The highest BCUT2D eigenvalue weighted by Crippen LogP contribution is 2.32. The molecule has 1 aliphatic carbocycles. The fourth-order valence-electron chi connectivity index (χ4n) is 2.14. The van der Waals surface area contributed by atoms with Crippen LogP contribution in [0.2, 0.25) is 0 Å². The van der Waals surface area contributed by atoms with Crippen molar-refractivity contribution in [2.24, 2.45) is 5.73 Å². The zero-order valence-corrected chi connectivity index (χ0v) is 9.11. The number of rotatable bonds is 5. The van der Waals surface area contributed by atoms with Crippen molar-refractivity contribution in [2.75, 3.05) is 6.54 Å². The van der Waals surface area contributed by atoms with Crippen molar-refractivity contribution in [3.63, 3.8) is 0 Å². The summed E-state index contributed by atoms with van der Waals surface area (Å²) in [7, 11) is 0. The van der Waals surface area contributed by atoms with Gasteiger partial charge in [0.2, 0.25) is 5.89 Å². The number of aryl methyl sites for hydroxylation is 1. The van der Waals surface area contributed by atoms with E-state index in [0.717, 1.165) is 37.5 Å². The summed E-state index contributed by atoms with van der Waals surface area (Å²) < 4.78 is 5.22. The van der Waals surface area contributed by atoms with Crippen molar-refractivity contribution in [1.29, 1.82) is 0 Å². The van der Waals surface area contributed by atoms with Gasteiger partial charge in [-0.05, 0) is 32.2 Å². The molecule has 0 amide bonds. The number of hydrogen-bond donors (Lipinski definition) is 1.